The summed E-state index contributed by atoms with van der Waals surface area (Å²) in [6, 6.07) is 4.39. The molecule has 1 heterocycles. The maximum atomic E-state index is 9.15. The van der Waals surface area contributed by atoms with Crippen LogP contribution in [-0.2, 0) is 6.42 Å². The molecule has 1 aromatic heterocycles. The van der Waals surface area contributed by atoms with E-state index in [1.54, 1.807) is 0 Å². The van der Waals surface area contributed by atoms with E-state index in [1.807, 2.05) is 6.07 Å². The van der Waals surface area contributed by atoms with E-state index in [0.717, 1.165) is 30.6 Å². The largest absolute Gasteiger partial charge is 0.397 e. The Bertz CT molecular complexity index is 410. The number of hydrogen-bond donors (Lipinski definition) is 1. The molecule has 0 amide bonds. The molecule has 0 aromatic carbocycles. The number of nitrogens with zero attached hydrogens (tertiary/aromatic N) is 2. The van der Waals surface area contributed by atoms with Gasteiger partial charge in [-0.05, 0) is 38.2 Å². The molecule has 1 rings (SSSR count). The summed E-state index contributed by atoms with van der Waals surface area (Å²) < 4.78 is 2.11. The highest BCUT2D eigenvalue weighted by Gasteiger charge is 2.16. The average Bonchev–Trinajstić information content (AvgIpc) is 2.61. The van der Waals surface area contributed by atoms with Gasteiger partial charge in [-0.15, -0.1) is 0 Å². The Morgan fingerprint density at radius 1 is 1.41 bits per heavy atom. The maximum absolute atomic E-state index is 9.15. The maximum Gasteiger partial charge on any atom is 0.122 e. The molecule has 1 atom stereocenters. The first-order valence-electron chi connectivity index (χ1n) is 6.40. The van der Waals surface area contributed by atoms with Crippen molar-refractivity contribution in [2.24, 2.45) is 5.92 Å². The quantitative estimate of drug-likeness (QED) is 0.846. The number of anilines is 1. The van der Waals surface area contributed by atoms with Gasteiger partial charge in [0.25, 0.3) is 0 Å². The Morgan fingerprint density at radius 3 is 2.53 bits per heavy atom. The van der Waals surface area contributed by atoms with E-state index in [0.29, 0.717) is 17.7 Å². The Morgan fingerprint density at radius 2 is 2.06 bits per heavy atom. The van der Waals surface area contributed by atoms with Crippen LogP contribution < -0.4 is 5.73 Å². The zero-order valence-corrected chi connectivity index (χ0v) is 11.3. The van der Waals surface area contributed by atoms with Crippen molar-refractivity contribution in [1.82, 2.24) is 4.57 Å². The van der Waals surface area contributed by atoms with Crippen LogP contribution in [0.2, 0.25) is 0 Å². The molecule has 94 valence electrons. The highest BCUT2D eigenvalue weighted by atomic mass is 15.0. The molecule has 0 bridgehead atoms. The van der Waals surface area contributed by atoms with Crippen LogP contribution in [0.25, 0.3) is 0 Å². The fraction of sp³-hybridized carbons (Fsp3) is 0.643. The summed E-state index contributed by atoms with van der Waals surface area (Å²) in [5.74, 6) is 0.653. The number of hydrogen-bond acceptors (Lipinski definition) is 2. The van der Waals surface area contributed by atoms with Gasteiger partial charge < -0.3 is 10.3 Å². The molecule has 3 heteroatoms. The first-order valence-corrected chi connectivity index (χ1v) is 6.40. The molecular formula is C14H23N3. The van der Waals surface area contributed by atoms with Crippen LogP contribution in [0.3, 0.4) is 0 Å². The predicted octanol–water partition coefficient (Wildman–Crippen LogP) is 3.50. The third kappa shape index (κ3) is 3.03. The van der Waals surface area contributed by atoms with Crippen molar-refractivity contribution in [3.8, 4) is 6.07 Å². The Hall–Kier alpha value is -1.43. The van der Waals surface area contributed by atoms with Crippen LogP contribution >= 0.6 is 0 Å². The molecule has 0 fully saturated rings. The summed E-state index contributed by atoms with van der Waals surface area (Å²) in [6.45, 7) is 8.68. The minimum Gasteiger partial charge on any atom is -0.397 e. The lowest BCUT2D eigenvalue weighted by atomic mass is 10.1. The second-order valence-corrected chi connectivity index (χ2v) is 5.10. The van der Waals surface area contributed by atoms with Gasteiger partial charge in [0.2, 0.25) is 0 Å². The van der Waals surface area contributed by atoms with E-state index in [4.69, 9.17) is 11.0 Å². The van der Waals surface area contributed by atoms with Crippen LogP contribution in [0.15, 0.2) is 6.07 Å². The summed E-state index contributed by atoms with van der Waals surface area (Å²) in [6.07, 6.45) is 3.07. The molecule has 0 aliphatic heterocycles. The van der Waals surface area contributed by atoms with Gasteiger partial charge in [0.1, 0.15) is 11.8 Å². The van der Waals surface area contributed by atoms with Crippen LogP contribution in [-0.4, -0.2) is 4.57 Å². The van der Waals surface area contributed by atoms with Gasteiger partial charge in [0.05, 0.1) is 5.69 Å². The van der Waals surface area contributed by atoms with Gasteiger partial charge in [-0.2, -0.15) is 5.26 Å². The summed E-state index contributed by atoms with van der Waals surface area (Å²) in [5, 5.41) is 9.15. The molecule has 1 unspecified atom stereocenters. The summed E-state index contributed by atoms with van der Waals surface area (Å²) in [5.41, 5.74) is 8.61. The number of rotatable bonds is 5. The van der Waals surface area contributed by atoms with Crippen molar-refractivity contribution >= 4 is 5.69 Å². The highest BCUT2D eigenvalue weighted by Crippen LogP contribution is 2.26. The van der Waals surface area contributed by atoms with Gasteiger partial charge in [-0.1, -0.05) is 20.8 Å². The zero-order valence-electron chi connectivity index (χ0n) is 11.3. The molecule has 0 radical (unpaired) electrons. The Balaban J connectivity index is 3.09. The number of nitrogen functional groups attached to an aromatic ring is 1. The molecule has 1 aromatic rings. The molecule has 2 N–H and O–H groups in total. The van der Waals surface area contributed by atoms with E-state index < -0.39 is 0 Å². The molecule has 17 heavy (non-hydrogen) atoms. The average molecular weight is 233 g/mol. The van der Waals surface area contributed by atoms with E-state index in [-0.39, 0.29) is 0 Å². The molecule has 0 aliphatic carbocycles. The smallest absolute Gasteiger partial charge is 0.122 e. The number of aromatic nitrogens is 1. The Labute approximate surface area is 104 Å². The predicted molar refractivity (Wildman–Crippen MR) is 71.7 cm³/mol. The first kappa shape index (κ1) is 13.6. The minimum absolute atomic E-state index is 0.337. The van der Waals surface area contributed by atoms with Crippen LogP contribution in [0.4, 0.5) is 5.69 Å². The SMILES string of the molecule is CCC(C)n1c(C#N)cc(N)c1CCC(C)C. The summed E-state index contributed by atoms with van der Waals surface area (Å²) >= 11 is 0. The normalized spacial score (nSPS) is 12.7. The molecular weight excluding hydrogens is 210 g/mol. The van der Waals surface area contributed by atoms with Gasteiger partial charge in [-0.3, -0.25) is 0 Å². The lowest BCUT2D eigenvalue weighted by Crippen LogP contribution is -2.11. The molecule has 0 saturated heterocycles. The van der Waals surface area contributed by atoms with Crippen molar-refractivity contribution in [3.05, 3.63) is 17.5 Å². The number of nitrogens with two attached hydrogens (primary N) is 1. The van der Waals surface area contributed by atoms with E-state index >= 15 is 0 Å². The standard InChI is InChI=1S/C14H23N3/c1-5-11(4)17-12(9-15)8-13(16)14(17)7-6-10(2)3/h8,10-11H,5-7,16H2,1-4H3. The topological polar surface area (TPSA) is 54.7 Å². The second-order valence-electron chi connectivity index (χ2n) is 5.10. The summed E-state index contributed by atoms with van der Waals surface area (Å²) in [7, 11) is 0. The molecule has 0 spiro atoms. The Kier molecular flexibility index (Phi) is 4.62. The fourth-order valence-electron chi connectivity index (χ4n) is 2.05. The first-order chi connectivity index (χ1) is 8.01. The molecule has 0 saturated carbocycles. The van der Waals surface area contributed by atoms with Crippen LogP contribution in [0, 0.1) is 17.2 Å². The minimum atomic E-state index is 0.337. The zero-order chi connectivity index (χ0) is 13.0. The fourth-order valence-corrected chi connectivity index (χ4v) is 2.05. The van der Waals surface area contributed by atoms with Crippen molar-refractivity contribution in [3.63, 3.8) is 0 Å². The highest BCUT2D eigenvalue weighted by molar-refractivity contribution is 5.51. The monoisotopic (exact) mass is 233 g/mol. The van der Waals surface area contributed by atoms with Gasteiger partial charge in [-0.25, -0.2) is 0 Å². The molecule has 0 aliphatic rings. The van der Waals surface area contributed by atoms with Crippen molar-refractivity contribution in [1.29, 1.82) is 5.26 Å². The van der Waals surface area contributed by atoms with Crippen molar-refractivity contribution < 1.29 is 0 Å². The lowest BCUT2D eigenvalue weighted by molar-refractivity contribution is 0.493. The van der Waals surface area contributed by atoms with Crippen molar-refractivity contribution in [2.75, 3.05) is 5.73 Å². The molecule has 3 nitrogen and oxygen atoms in total. The van der Waals surface area contributed by atoms with Gasteiger partial charge in [0.15, 0.2) is 0 Å². The van der Waals surface area contributed by atoms with Gasteiger partial charge >= 0.3 is 0 Å². The van der Waals surface area contributed by atoms with Gasteiger partial charge in [0, 0.05) is 11.7 Å². The second kappa shape index (κ2) is 5.77. The van der Waals surface area contributed by atoms with Crippen LogP contribution in [0.5, 0.6) is 0 Å². The lowest BCUT2D eigenvalue weighted by Gasteiger charge is -2.18. The summed E-state index contributed by atoms with van der Waals surface area (Å²) in [4.78, 5) is 0. The third-order valence-electron chi connectivity index (χ3n) is 3.28. The van der Waals surface area contributed by atoms with Crippen LogP contribution in [0.1, 0.15) is 58.0 Å². The van der Waals surface area contributed by atoms with E-state index in [1.165, 1.54) is 0 Å². The third-order valence-corrected chi connectivity index (χ3v) is 3.28. The number of nitriles is 1. The van der Waals surface area contributed by atoms with Crippen molar-refractivity contribution in [2.45, 2.75) is 53.0 Å². The van der Waals surface area contributed by atoms with E-state index in [9.17, 15) is 0 Å². The van der Waals surface area contributed by atoms with E-state index in [2.05, 4.69) is 38.3 Å².